The standard InChI is InChI=1S/C17H25NO5/c1-11(2)7-21-15(19)10-20-8-13-6-18-12(3)16-14(13)9-22-17(4,5)23-16/h6,11H,7-10H2,1-5H3. The fraction of sp³-hybridized carbons (Fsp3) is 0.647. The maximum Gasteiger partial charge on any atom is 0.332 e. The van der Waals surface area contributed by atoms with Crippen LogP contribution in [0.15, 0.2) is 6.20 Å². The second kappa shape index (κ2) is 7.27. The Kier molecular flexibility index (Phi) is 5.59. The van der Waals surface area contributed by atoms with E-state index in [9.17, 15) is 4.79 Å². The van der Waals surface area contributed by atoms with Crippen LogP contribution in [0.1, 0.15) is 44.5 Å². The Morgan fingerprint density at radius 1 is 1.43 bits per heavy atom. The normalized spacial score (nSPS) is 15.9. The molecule has 1 aliphatic rings. The zero-order valence-corrected chi connectivity index (χ0v) is 14.5. The topological polar surface area (TPSA) is 66.9 Å². The van der Waals surface area contributed by atoms with Crippen molar-refractivity contribution in [1.29, 1.82) is 0 Å². The van der Waals surface area contributed by atoms with Gasteiger partial charge in [-0.3, -0.25) is 4.98 Å². The molecule has 1 aliphatic heterocycles. The molecule has 0 spiro atoms. The first-order chi connectivity index (χ1) is 10.8. The predicted molar refractivity (Wildman–Crippen MR) is 83.9 cm³/mol. The first-order valence-electron chi connectivity index (χ1n) is 7.82. The molecule has 6 heteroatoms. The number of ether oxygens (including phenoxy) is 4. The van der Waals surface area contributed by atoms with Crippen molar-refractivity contribution in [3.8, 4) is 5.75 Å². The number of rotatable bonds is 6. The number of esters is 1. The molecule has 0 fully saturated rings. The van der Waals surface area contributed by atoms with Gasteiger partial charge in [0.15, 0.2) is 0 Å². The predicted octanol–water partition coefficient (Wildman–Crippen LogP) is 2.75. The summed E-state index contributed by atoms with van der Waals surface area (Å²) in [5.41, 5.74) is 2.60. The molecule has 1 aromatic rings. The van der Waals surface area contributed by atoms with Gasteiger partial charge in [0.05, 0.1) is 25.5 Å². The van der Waals surface area contributed by atoms with Crippen molar-refractivity contribution in [1.82, 2.24) is 4.98 Å². The summed E-state index contributed by atoms with van der Waals surface area (Å²) in [6.07, 6.45) is 1.73. The second-order valence-corrected chi connectivity index (χ2v) is 6.54. The highest BCUT2D eigenvalue weighted by Crippen LogP contribution is 2.35. The summed E-state index contributed by atoms with van der Waals surface area (Å²) in [5.74, 6) is 0.0236. The van der Waals surface area contributed by atoms with Crippen LogP contribution in [0.3, 0.4) is 0 Å². The summed E-state index contributed by atoms with van der Waals surface area (Å²) in [6.45, 7) is 10.6. The van der Waals surface area contributed by atoms with E-state index in [1.807, 2.05) is 34.6 Å². The van der Waals surface area contributed by atoms with Gasteiger partial charge in [-0.25, -0.2) is 4.79 Å². The van der Waals surface area contributed by atoms with E-state index in [0.717, 1.165) is 22.6 Å². The number of fused-ring (bicyclic) bond motifs is 1. The number of aromatic nitrogens is 1. The highest BCUT2D eigenvalue weighted by molar-refractivity contribution is 5.70. The first kappa shape index (κ1) is 17.7. The fourth-order valence-corrected chi connectivity index (χ4v) is 2.16. The van der Waals surface area contributed by atoms with Crippen molar-refractivity contribution in [3.63, 3.8) is 0 Å². The van der Waals surface area contributed by atoms with E-state index in [1.54, 1.807) is 6.20 Å². The van der Waals surface area contributed by atoms with Crippen LogP contribution in [-0.4, -0.2) is 30.0 Å². The number of nitrogens with zero attached hydrogens (tertiary/aromatic N) is 1. The van der Waals surface area contributed by atoms with E-state index >= 15 is 0 Å². The van der Waals surface area contributed by atoms with Crippen LogP contribution >= 0.6 is 0 Å². The number of hydrogen-bond acceptors (Lipinski definition) is 6. The van der Waals surface area contributed by atoms with Crippen molar-refractivity contribution in [2.75, 3.05) is 13.2 Å². The highest BCUT2D eigenvalue weighted by Gasteiger charge is 2.30. The van der Waals surface area contributed by atoms with Gasteiger partial charge in [0.25, 0.3) is 0 Å². The van der Waals surface area contributed by atoms with Gasteiger partial charge in [-0.05, 0) is 12.8 Å². The zero-order valence-electron chi connectivity index (χ0n) is 14.5. The van der Waals surface area contributed by atoms with Crippen molar-refractivity contribution in [2.45, 2.75) is 53.6 Å². The van der Waals surface area contributed by atoms with E-state index in [-0.39, 0.29) is 19.2 Å². The molecule has 0 saturated heterocycles. The molecule has 0 saturated carbocycles. The van der Waals surface area contributed by atoms with Crippen LogP contribution < -0.4 is 4.74 Å². The largest absolute Gasteiger partial charge is 0.464 e. The molecule has 2 rings (SSSR count). The number of carbonyl (C=O) groups excluding carboxylic acids is 1. The molecule has 0 amide bonds. The Balaban J connectivity index is 1.95. The van der Waals surface area contributed by atoms with Crippen LogP contribution in [0.2, 0.25) is 0 Å². The number of aryl methyl sites for hydroxylation is 1. The Hall–Kier alpha value is -1.66. The molecular formula is C17H25NO5. The number of hydrogen-bond donors (Lipinski definition) is 0. The van der Waals surface area contributed by atoms with Gasteiger partial charge < -0.3 is 18.9 Å². The summed E-state index contributed by atoms with van der Waals surface area (Å²) in [5, 5.41) is 0. The summed E-state index contributed by atoms with van der Waals surface area (Å²) in [7, 11) is 0. The van der Waals surface area contributed by atoms with Crippen molar-refractivity contribution >= 4 is 5.97 Å². The number of carbonyl (C=O) groups is 1. The Morgan fingerprint density at radius 2 is 2.17 bits per heavy atom. The average Bonchev–Trinajstić information content (AvgIpc) is 2.47. The Morgan fingerprint density at radius 3 is 2.87 bits per heavy atom. The molecule has 0 aromatic carbocycles. The lowest BCUT2D eigenvalue weighted by atomic mass is 10.1. The van der Waals surface area contributed by atoms with E-state index < -0.39 is 5.79 Å². The molecule has 0 N–H and O–H groups in total. The van der Waals surface area contributed by atoms with Crippen molar-refractivity contribution in [2.24, 2.45) is 5.92 Å². The third-order valence-electron chi connectivity index (χ3n) is 3.37. The fourth-order valence-electron chi connectivity index (χ4n) is 2.16. The van der Waals surface area contributed by atoms with E-state index in [1.165, 1.54) is 0 Å². The molecule has 0 radical (unpaired) electrons. The summed E-state index contributed by atoms with van der Waals surface area (Å²) >= 11 is 0. The zero-order chi connectivity index (χ0) is 17.0. The van der Waals surface area contributed by atoms with Gasteiger partial charge >= 0.3 is 5.97 Å². The second-order valence-electron chi connectivity index (χ2n) is 6.54. The van der Waals surface area contributed by atoms with Crippen LogP contribution in [0.5, 0.6) is 5.75 Å². The smallest absolute Gasteiger partial charge is 0.332 e. The van der Waals surface area contributed by atoms with Gasteiger partial charge in [0, 0.05) is 31.2 Å². The van der Waals surface area contributed by atoms with E-state index in [2.05, 4.69) is 4.98 Å². The molecule has 0 atom stereocenters. The van der Waals surface area contributed by atoms with Crippen LogP contribution in [-0.2, 0) is 32.2 Å². The lowest BCUT2D eigenvalue weighted by Gasteiger charge is -2.34. The summed E-state index contributed by atoms with van der Waals surface area (Å²) in [4.78, 5) is 15.9. The molecule has 2 heterocycles. The third kappa shape index (κ3) is 4.91. The molecule has 0 aliphatic carbocycles. The highest BCUT2D eigenvalue weighted by atomic mass is 16.7. The average molecular weight is 323 g/mol. The van der Waals surface area contributed by atoms with Crippen molar-refractivity contribution < 1.29 is 23.7 Å². The number of pyridine rings is 1. The molecule has 128 valence electrons. The molecule has 1 aromatic heterocycles. The van der Waals surface area contributed by atoms with Crippen LogP contribution in [0.4, 0.5) is 0 Å². The van der Waals surface area contributed by atoms with Crippen LogP contribution in [0.25, 0.3) is 0 Å². The monoisotopic (exact) mass is 323 g/mol. The summed E-state index contributed by atoms with van der Waals surface area (Å²) < 4.78 is 22.1. The molecule has 0 unspecified atom stereocenters. The maximum atomic E-state index is 11.6. The lowest BCUT2D eigenvalue weighted by molar-refractivity contribution is -0.181. The van der Waals surface area contributed by atoms with Gasteiger partial charge in [-0.1, -0.05) is 13.8 Å². The van der Waals surface area contributed by atoms with E-state index in [4.69, 9.17) is 18.9 Å². The maximum absolute atomic E-state index is 11.6. The van der Waals surface area contributed by atoms with Crippen molar-refractivity contribution in [3.05, 3.63) is 23.0 Å². The SMILES string of the molecule is Cc1ncc(COCC(=O)OCC(C)C)c2c1OC(C)(C)OC2. The van der Waals surface area contributed by atoms with Gasteiger partial charge in [0.1, 0.15) is 12.4 Å². The van der Waals surface area contributed by atoms with E-state index in [0.29, 0.717) is 19.1 Å². The lowest BCUT2D eigenvalue weighted by Crippen LogP contribution is -2.36. The van der Waals surface area contributed by atoms with Gasteiger partial charge in [-0.2, -0.15) is 0 Å². The minimum absolute atomic E-state index is 0.0808. The molecule has 23 heavy (non-hydrogen) atoms. The molecular weight excluding hydrogens is 298 g/mol. The van der Waals surface area contributed by atoms with Gasteiger partial charge in [-0.15, -0.1) is 0 Å². The molecule has 6 nitrogen and oxygen atoms in total. The Bertz CT molecular complexity index is 568. The van der Waals surface area contributed by atoms with Gasteiger partial charge in [0.2, 0.25) is 5.79 Å². The summed E-state index contributed by atoms with van der Waals surface area (Å²) in [6, 6.07) is 0. The Labute approximate surface area is 137 Å². The first-order valence-corrected chi connectivity index (χ1v) is 7.82. The minimum Gasteiger partial charge on any atom is -0.464 e. The molecule has 0 bridgehead atoms. The van der Waals surface area contributed by atoms with Crippen LogP contribution in [0, 0.1) is 12.8 Å². The third-order valence-corrected chi connectivity index (χ3v) is 3.37. The quantitative estimate of drug-likeness (QED) is 0.750. The minimum atomic E-state index is -0.667.